The van der Waals surface area contributed by atoms with E-state index in [0.29, 0.717) is 6.61 Å². The van der Waals surface area contributed by atoms with E-state index in [1.165, 1.54) is 5.56 Å². The highest BCUT2D eigenvalue weighted by atomic mass is 16.5. The number of ether oxygens (including phenoxy) is 1. The van der Waals surface area contributed by atoms with Crippen LogP contribution in [0.4, 0.5) is 5.69 Å². The number of nitrogens with two attached hydrogens (primary N) is 1. The molecule has 0 unspecified atom stereocenters. The highest BCUT2D eigenvalue weighted by molar-refractivity contribution is 5.41. The van der Waals surface area contributed by atoms with Gasteiger partial charge in [0.1, 0.15) is 5.75 Å². The molecule has 0 saturated heterocycles. The lowest BCUT2D eigenvalue weighted by atomic mass is 10.1. The largest absolute Gasteiger partial charge is 0.493 e. The predicted octanol–water partition coefficient (Wildman–Crippen LogP) is 2.85. The quantitative estimate of drug-likeness (QED) is 0.820. The molecular weight excluding hydrogens is 224 g/mol. The van der Waals surface area contributed by atoms with Gasteiger partial charge in [-0.2, -0.15) is 0 Å². The van der Waals surface area contributed by atoms with Gasteiger partial charge in [0, 0.05) is 24.0 Å². The van der Waals surface area contributed by atoms with Crippen LogP contribution < -0.4 is 10.5 Å². The van der Waals surface area contributed by atoms with Crippen molar-refractivity contribution in [1.29, 1.82) is 0 Å². The van der Waals surface area contributed by atoms with Gasteiger partial charge in [-0.15, -0.1) is 0 Å². The third kappa shape index (κ3) is 3.48. The predicted molar refractivity (Wildman–Crippen MR) is 73.7 cm³/mol. The van der Waals surface area contributed by atoms with Gasteiger partial charge in [0.05, 0.1) is 6.61 Å². The molecule has 0 amide bonds. The van der Waals surface area contributed by atoms with Crippen LogP contribution in [0.2, 0.25) is 0 Å². The van der Waals surface area contributed by atoms with Crippen molar-refractivity contribution < 1.29 is 4.74 Å². The summed E-state index contributed by atoms with van der Waals surface area (Å²) in [5, 5.41) is 0. The summed E-state index contributed by atoms with van der Waals surface area (Å²) in [7, 11) is 0. The molecule has 2 N–H and O–H groups in total. The van der Waals surface area contributed by atoms with Crippen molar-refractivity contribution in [3.63, 3.8) is 0 Å². The van der Waals surface area contributed by atoms with Crippen molar-refractivity contribution in [2.24, 2.45) is 0 Å². The van der Waals surface area contributed by atoms with E-state index in [-0.39, 0.29) is 0 Å². The maximum atomic E-state index is 5.64. The lowest BCUT2D eigenvalue weighted by molar-refractivity contribution is 0.320. The van der Waals surface area contributed by atoms with E-state index in [4.69, 9.17) is 10.5 Å². The molecule has 18 heavy (non-hydrogen) atoms. The van der Waals surface area contributed by atoms with Gasteiger partial charge < -0.3 is 10.5 Å². The molecular formula is C15H18N2O. The number of anilines is 1. The van der Waals surface area contributed by atoms with Crippen molar-refractivity contribution in [1.82, 2.24) is 4.98 Å². The lowest BCUT2D eigenvalue weighted by Crippen LogP contribution is -2.03. The third-order valence-electron chi connectivity index (χ3n) is 2.80. The Balaban J connectivity index is 1.86. The van der Waals surface area contributed by atoms with Crippen LogP contribution in [-0.4, -0.2) is 11.6 Å². The summed E-state index contributed by atoms with van der Waals surface area (Å²) in [4.78, 5) is 4.33. The molecule has 2 rings (SSSR count). The molecule has 1 aromatic heterocycles. The summed E-state index contributed by atoms with van der Waals surface area (Å²) in [5.41, 5.74) is 8.75. The average Bonchev–Trinajstić information content (AvgIpc) is 2.41. The molecule has 0 radical (unpaired) electrons. The minimum Gasteiger partial charge on any atom is -0.493 e. The monoisotopic (exact) mass is 242 g/mol. The molecule has 3 heteroatoms. The Labute approximate surface area is 108 Å². The summed E-state index contributed by atoms with van der Waals surface area (Å²) in [6.07, 6.45) is 3.71. The molecule has 0 saturated carbocycles. The van der Waals surface area contributed by atoms with E-state index >= 15 is 0 Å². The molecule has 0 spiro atoms. The van der Waals surface area contributed by atoms with E-state index in [9.17, 15) is 0 Å². The van der Waals surface area contributed by atoms with Crippen LogP contribution in [0.1, 0.15) is 18.2 Å². The van der Waals surface area contributed by atoms with Gasteiger partial charge in [-0.25, -0.2) is 0 Å². The lowest BCUT2D eigenvalue weighted by Gasteiger charge is -2.06. The SMILES string of the molecule is CCc1ccnc(CCOc2ccc(N)cc2)c1. The first-order chi connectivity index (χ1) is 8.78. The van der Waals surface area contributed by atoms with E-state index in [1.807, 2.05) is 36.5 Å². The molecule has 0 bridgehead atoms. The number of aryl methyl sites for hydroxylation is 1. The second-order valence-corrected chi connectivity index (χ2v) is 4.18. The summed E-state index contributed by atoms with van der Waals surface area (Å²) >= 11 is 0. The highest BCUT2D eigenvalue weighted by Gasteiger charge is 1.98. The van der Waals surface area contributed by atoms with E-state index in [2.05, 4.69) is 18.0 Å². The molecule has 0 atom stereocenters. The minimum absolute atomic E-state index is 0.629. The van der Waals surface area contributed by atoms with Crippen LogP contribution in [0.25, 0.3) is 0 Å². The maximum Gasteiger partial charge on any atom is 0.119 e. The third-order valence-corrected chi connectivity index (χ3v) is 2.80. The molecule has 1 aromatic carbocycles. The molecule has 0 fully saturated rings. The number of nitrogens with zero attached hydrogens (tertiary/aromatic N) is 1. The van der Waals surface area contributed by atoms with Crippen molar-refractivity contribution >= 4 is 5.69 Å². The molecule has 0 aliphatic carbocycles. The first-order valence-electron chi connectivity index (χ1n) is 6.20. The molecule has 1 heterocycles. The topological polar surface area (TPSA) is 48.1 Å². The van der Waals surface area contributed by atoms with Crippen LogP contribution >= 0.6 is 0 Å². The zero-order chi connectivity index (χ0) is 12.8. The molecule has 0 aliphatic heterocycles. The molecule has 3 nitrogen and oxygen atoms in total. The molecule has 2 aromatic rings. The Bertz CT molecular complexity index is 494. The first-order valence-corrected chi connectivity index (χ1v) is 6.20. The van der Waals surface area contributed by atoms with Crippen molar-refractivity contribution in [2.75, 3.05) is 12.3 Å². The van der Waals surface area contributed by atoms with E-state index in [1.54, 1.807) is 0 Å². The van der Waals surface area contributed by atoms with Crippen LogP contribution in [0.5, 0.6) is 5.75 Å². The van der Waals surface area contributed by atoms with Gasteiger partial charge in [-0.1, -0.05) is 6.92 Å². The van der Waals surface area contributed by atoms with Crippen molar-refractivity contribution in [3.05, 3.63) is 53.9 Å². The van der Waals surface area contributed by atoms with Crippen molar-refractivity contribution in [3.8, 4) is 5.75 Å². The Morgan fingerprint density at radius 3 is 2.67 bits per heavy atom. The van der Waals surface area contributed by atoms with Crippen LogP contribution in [0, 0.1) is 0 Å². The second-order valence-electron chi connectivity index (χ2n) is 4.18. The minimum atomic E-state index is 0.629. The van der Waals surface area contributed by atoms with Crippen LogP contribution in [0.3, 0.4) is 0 Å². The van der Waals surface area contributed by atoms with Gasteiger partial charge in [0.2, 0.25) is 0 Å². The molecule has 94 valence electrons. The van der Waals surface area contributed by atoms with Gasteiger partial charge in [0.25, 0.3) is 0 Å². The first kappa shape index (κ1) is 12.4. The summed E-state index contributed by atoms with van der Waals surface area (Å²) in [5.74, 6) is 0.843. The Morgan fingerprint density at radius 1 is 1.17 bits per heavy atom. The van der Waals surface area contributed by atoms with Gasteiger partial charge in [0.15, 0.2) is 0 Å². The summed E-state index contributed by atoms with van der Waals surface area (Å²) in [6, 6.07) is 11.6. The Hall–Kier alpha value is -2.03. The standard InChI is InChI=1S/C15H18N2O/c1-2-12-7-9-17-14(11-12)8-10-18-15-5-3-13(16)4-6-15/h3-7,9,11H,2,8,10,16H2,1H3. The Morgan fingerprint density at radius 2 is 1.94 bits per heavy atom. The zero-order valence-electron chi connectivity index (χ0n) is 10.6. The number of pyridine rings is 1. The van der Waals surface area contributed by atoms with Crippen LogP contribution in [-0.2, 0) is 12.8 Å². The second kappa shape index (κ2) is 6.05. The number of nitrogen functional groups attached to an aromatic ring is 1. The van der Waals surface area contributed by atoms with Crippen LogP contribution in [0.15, 0.2) is 42.6 Å². The highest BCUT2D eigenvalue weighted by Crippen LogP contribution is 2.13. The smallest absolute Gasteiger partial charge is 0.119 e. The van der Waals surface area contributed by atoms with Gasteiger partial charge in [-0.3, -0.25) is 4.98 Å². The summed E-state index contributed by atoms with van der Waals surface area (Å²) < 4.78 is 5.64. The van der Waals surface area contributed by atoms with Gasteiger partial charge >= 0.3 is 0 Å². The fraction of sp³-hybridized carbons (Fsp3) is 0.267. The average molecular weight is 242 g/mol. The number of benzene rings is 1. The fourth-order valence-corrected chi connectivity index (χ4v) is 1.72. The molecule has 0 aliphatic rings. The van der Waals surface area contributed by atoms with Crippen molar-refractivity contribution in [2.45, 2.75) is 19.8 Å². The number of aromatic nitrogens is 1. The zero-order valence-corrected chi connectivity index (χ0v) is 10.6. The van der Waals surface area contributed by atoms with E-state index < -0.39 is 0 Å². The summed E-state index contributed by atoms with van der Waals surface area (Å²) in [6.45, 7) is 2.77. The normalized spacial score (nSPS) is 10.3. The Kier molecular flexibility index (Phi) is 4.18. The maximum absolute atomic E-state index is 5.64. The van der Waals surface area contributed by atoms with E-state index in [0.717, 1.165) is 30.0 Å². The fourth-order valence-electron chi connectivity index (χ4n) is 1.72. The number of hydrogen-bond acceptors (Lipinski definition) is 3. The van der Waals surface area contributed by atoms with Gasteiger partial charge in [-0.05, 0) is 48.4 Å². The number of hydrogen-bond donors (Lipinski definition) is 1. The number of rotatable bonds is 5.